The lowest BCUT2D eigenvalue weighted by Crippen LogP contribution is -2.10. The van der Waals surface area contributed by atoms with Crippen LogP contribution in [0.15, 0.2) is 218 Å². The molecule has 9 aromatic carbocycles. The summed E-state index contributed by atoms with van der Waals surface area (Å²) in [6, 6.07) is 77.0. The van der Waals surface area contributed by atoms with Crippen LogP contribution in [0.1, 0.15) is 0 Å². The second-order valence-corrected chi connectivity index (χ2v) is 15.9. The van der Waals surface area contributed by atoms with Gasteiger partial charge in [0, 0.05) is 53.6 Å². The highest BCUT2D eigenvalue weighted by Crippen LogP contribution is 2.45. The van der Waals surface area contributed by atoms with Gasteiger partial charge in [-0.3, -0.25) is 0 Å². The van der Waals surface area contributed by atoms with E-state index in [1.165, 1.54) is 36.5 Å². The Hall–Kier alpha value is -7.73. The van der Waals surface area contributed by atoms with Crippen LogP contribution in [0.5, 0.6) is 0 Å². The minimum atomic E-state index is 0.644. The number of fused-ring (bicyclic) bond motifs is 4. The van der Waals surface area contributed by atoms with Crippen molar-refractivity contribution in [1.82, 2.24) is 15.0 Å². The molecule has 5 heteroatoms. The average Bonchev–Trinajstić information content (AvgIpc) is 3.71. The molecule has 0 saturated heterocycles. The molecule has 11 aromatic rings. The Balaban J connectivity index is 1.02. The lowest BCUT2D eigenvalue weighted by molar-refractivity contribution is 1.07. The van der Waals surface area contributed by atoms with Crippen molar-refractivity contribution >= 4 is 59.3 Å². The van der Waals surface area contributed by atoms with Crippen LogP contribution in [0.4, 0.5) is 17.1 Å². The molecule has 0 fully saturated rings. The van der Waals surface area contributed by atoms with E-state index in [9.17, 15) is 0 Å². The molecule has 0 aliphatic carbocycles. The van der Waals surface area contributed by atoms with Crippen LogP contribution in [0.2, 0.25) is 0 Å². The minimum Gasteiger partial charge on any atom is -0.310 e. The highest BCUT2D eigenvalue weighted by molar-refractivity contribution is 7.26. The van der Waals surface area contributed by atoms with Gasteiger partial charge in [0.2, 0.25) is 0 Å². The summed E-state index contributed by atoms with van der Waals surface area (Å²) < 4.78 is 2.48. The maximum Gasteiger partial charge on any atom is 0.164 e. The number of para-hydroxylation sites is 1. The van der Waals surface area contributed by atoms with Gasteiger partial charge in [0.05, 0.1) is 5.69 Å². The van der Waals surface area contributed by atoms with Crippen molar-refractivity contribution in [3.63, 3.8) is 0 Å². The molecule has 0 aliphatic heterocycles. The van der Waals surface area contributed by atoms with Crippen molar-refractivity contribution in [3.05, 3.63) is 218 Å². The van der Waals surface area contributed by atoms with Crippen LogP contribution in [-0.4, -0.2) is 15.0 Å². The number of hydrogen-bond donors (Lipinski definition) is 0. The quantitative estimate of drug-likeness (QED) is 0.154. The Bertz CT molecular complexity index is 3260. The largest absolute Gasteiger partial charge is 0.310 e. The van der Waals surface area contributed by atoms with E-state index >= 15 is 0 Å². The predicted octanol–water partition coefficient (Wildman–Crippen LogP) is 15.2. The van der Waals surface area contributed by atoms with Gasteiger partial charge in [-0.1, -0.05) is 176 Å². The molecule has 0 bridgehead atoms. The molecule has 0 N–H and O–H groups in total. The predicted molar refractivity (Wildman–Crippen MR) is 252 cm³/mol. The smallest absolute Gasteiger partial charge is 0.164 e. The molecule has 0 unspecified atom stereocenters. The Morgan fingerprint density at radius 3 is 1.65 bits per heavy atom. The first-order valence-corrected chi connectivity index (χ1v) is 20.9. The standard InChI is InChI=1S/C55H36N4S/c1-4-18-38(19-5-1)53-56-54(39-20-6-2-7-21-39)58-55(57-53)47-29-13-12-28-45(47)46-30-16-32-50-52(46)48-34-33-41(36-51(48)60-50)40-23-14-26-43(35-40)59(42-24-8-3-9-25-42)49-31-15-22-37-17-10-11-27-44(37)49/h1-36H. The summed E-state index contributed by atoms with van der Waals surface area (Å²) in [5.41, 5.74) is 10.8. The fraction of sp³-hybridized carbons (Fsp3) is 0. The molecule has 4 nitrogen and oxygen atoms in total. The third-order valence-electron chi connectivity index (χ3n) is 11.1. The molecule has 2 aromatic heterocycles. The molecule has 11 rings (SSSR count). The molecular formula is C55H36N4S. The molecule has 0 spiro atoms. The summed E-state index contributed by atoms with van der Waals surface area (Å²) >= 11 is 1.83. The summed E-state index contributed by atoms with van der Waals surface area (Å²) in [4.78, 5) is 17.5. The Kier molecular flexibility index (Phi) is 8.99. The van der Waals surface area contributed by atoms with Gasteiger partial charge in [-0.15, -0.1) is 11.3 Å². The third-order valence-corrected chi connectivity index (χ3v) is 12.2. The van der Waals surface area contributed by atoms with E-state index in [2.05, 4.69) is 163 Å². The molecule has 0 atom stereocenters. The summed E-state index contributed by atoms with van der Waals surface area (Å²) in [6.07, 6.45) is 0. The number of anilines is 3. The van der Waals surface area contributed by atoms with Crippen molar-refractivity contribution in [2.24, 2.45) is 0 Å². The van der Waals surface area contributed by atoms with E-state index in [0.717, 1.165) is 50.4 Å². The van der Waals surface area contributed by atoms with E-state index < -0.39 is 0 Å². The van der Waals surface area contributed by atoms with Crippen molar-refractivity contribution in [3.8, 4) is 56.4 Å². The summed E-state index contributed by atoms with van der Waals surface area (Å²) in [6.45, 7) is 0. The maximum absolute atomic E-state index is 5.11. The van der Waals surface area contributed by atoms with Crippen molar-refractivity contribution in [2.75, 3.05) is 4.90 Å². The van der Waals surface area contributed by atoms with Gasteiger partial charge >= 0.3 is 0 Å². The Morgan fingerprint density at radius 2 is 0.883 bits per heavy atom. The first kappa shape index (κ1) is 35.4. The fourth-order valence-electron chi connectivity index (χ4n) is 8.30. The average molecular weight is 785 g/mol. The van der Waals surface area contributed by atoms with Crippen LogP contribution >= 0.6 is 11.3 Å². The monoisotopic (exact) mass is 784 g/mol. The summed E-state index contributed by atoms with van der Waals surface area (Å²) in [5, 5.41) is 4.89. The number of hydrogen-bond acceptors (Lipinski definition) is 5. The highest BCUT2D eigenvalue weighted by atomic mass is 32.1. The number of benzene rings is 9. The zero-order chi connectivity index (χ0) is 39.8. The molecule has 282 valence electrons. The number of rotatable bonds is 8. The number of aromatic nitrogens is 3. The second-order valence-electron chi connectivity index (χ2n) is 14.8. The maximum atomic E-state index is 5.11. The van der Waals surface area contributed by atoms with E-state index in [1.807, 2.05) is 72.0 Å². The van der Waals surface area contributed by atoms with Gasteiger partial charge in [-0.25, -0.2) is 15.0 Å². The SMILES string of the molecule is c1ccc(-c2nc(-c3ccccc3)nc(-c3ccccc3-c3cccc4sc5cc(-c6cccc(N(c7ccccc7)c7cccc8ccccc78)c6)ccc5c34)n2)cc1. The third kappa shape index (κ3) is 6.48. The summed E-state index contributed by atoms with van der Waals surface area (Å²) in [7, 11) is 0. The minimum absolute atomic E-state index is 0.644. The van der Waals surface area contributed by atoms with Gasteiger partial charge in [0.25, 0.3) is 0 Å². The summed E-state index contributed by atoms with van der Waals surface area (Å²) in [5.74, 6) is 1.94. The topological polar surface area (TPSA) is 41.9 Å². The lowest BCUT2D eigenvalue weighted by atomic mass is 9.94. The van der Waals surface area contributed by atoms with Crippen molar-refractivity contribution in [1.29, 1.82) is 0 Å². The van der Waals surface area contributed by atoms with Gasteiger partial charge in [-0.05, 0) is 70.1 Å². The zero-order valence-corrected chi connectivity index (χ0v) is 33.3. The van der Waals surface area contributed by atoms with E-state index in [4.69, 9.17) is 15.0 Å². The van der Waals surface area contributed by atoms with E-state index in [-0.39, 0.29) is 0 Å². The first-order chi connectivity index (χ1) is 29.7. The first-order valence-electron chi connectivity index (χ1n) is 20.1. The molecule has 2 heterocycles. The molecular weight excluding hydrogens is 749 g/mol. The van der Waals surface area contributed by atoms with Crippen LogP contribution < -0.4 is 4.90 Å². The van der Waals surface area contributed by atoms with Crippen LogP contribution in [0, 0.1) is 0 Å². The molecule has 0 radical (unpaired) electrons. The van der Waals surface area contributed by atoms with Crippen molar-refractivity contribution < 1.29 is 0 Å². The van der Waals surface area contributed by atoms with Gasteiger partial charge in [0.15, 0.2) is 17.5 Å². The fourth-order valence-corrected chi connectivity index (χ4v) is 9.48. The number of nitrogens with zero attached hydrogens (tertiary/aromatic N) is 4. The zero-order valence-electron chi connectivity index (χ0n) is 32.5. The number of thiophene rings is 1. The van der Waals surface area contributed by atoms with E-state index in [0.29, 0.717) is 17.5 Å². The van der Waals surface area contributed by atoms with Gasteiger partial charge < -0.3 is 4.90 Å². The van der Waals surface area contributed by atoms with E-state index in [1.54, 1.807) is 0 Å². The van der Waals surface area contributed by atoms with Crippen LogP contribution in [0.3, 0.4) is 0 Å². The lowest BCUT2D eigenvalue weighted by Gasteiger charge is -2.27. The van der Waals surface area contributed by atoms with Crippen LogP contribution in [0.25, 0.3) is 87.4 Å². The van der Waals surface area contributed by atoms with Crippen molar-refractivity contribution in [2.45, 2.75) is 0 Å². The highest BCUT2D eigenvalue weighted by Gasteiger charge is 2.20. The van der Waals surface area contributed by atoms with Gasteiger partial charge in [0.1, 0.15) is 0 Å². The van der Waals surface area contributed by atoms with Gasteiger partial charge in [-0.2, -0.15) is 0 Å². The molecule has 60 heavy (non-hydrogen) atoms. The Labute approximate surface area is 352 Å². The normalized spacial score (nSPS) is 11.3. The molecule has 0 saturated carbocycles. The van der Waals surface area contributed by atoms with Crippen LogP contribution in [-0.2, 0) is 0 Å². The Morgan fingerprint density at radius 1 is 0.333 bits per heavy atom. The second kappa shape index (κ2) is 15.2. The molecule has 0 amide bonds. The molecule has 0 aliphatic rings.